The van der Waals surface area contributed by atoms with Crippen molar-refractivity contribution in [3.05, 3.63) is 39.9 Å². The van der Waals surface area contributed by atoms with E-state index < -0.39 is 0 Å². The lowest BCUT2D eigenvalue weighted by atomic mass is 10.0. The summed E-state index contributed by atoms with van der Waals surface area (Å²) in [5.74, 6) is 0. The van der Waals surface area contributed by atoms with Crippen LogP contribution in [-0.4, -0.2) is 92.6 Å². The Bertz CT molecular complexity index is 537. The molecule has 1 atom stereocenters. The first-order valence-electron chi connectivity index (χ1n) is 8.96. The van der Waals surface area contributed by atoms with Crippen molar-refractivity contribution in [3.63, 3.8) is 0 Å². The van der Waals surface area contributed by atoms with E-state index in [1.165, 1.54) is 0 Å². The molecule has 2 rings (SSSR count). The average Bonchev–Trinajstić information content (AvgIpc) is 2.57. The maximum absolute atomic E-state index is 10.8. The Hall–Kier alpha value is -1.54. The maximum atomic E-state index is 10.8. The highest BCUT2D eigenvalue weighted by molar-refractivity contribution is 5.33. The molecule has 0 aliphatic carbocycles. The van der Waals surface area contributed by atoms with Crippen molar-refractivity contribution in [1.29, 1.82) is 0 Å². The summed E-state index contributed by atoms with van der Waals surface area (Å²) < 4.78 is 0. The first-order valence-corrected chi connectivity index (χ1v) is 8.96. The Morgan fingerprint density at radius 3 is 2.16 bits per heavy atom. The van der Waals surface area contributed by atoms with Gasteiger partial charge in [-0.05, 0) is 33.1 Å². The molecule has 7 heteroatoms. The summed E-state index contributed by atoms with van der Waals surface area (Å²) in [6.07, 6.45) is 0.877. The third-order valence-electron chi connectivity index (χ3n) is 4.81. The van der Waals surface area contributed by atoms with Gasteiger partial charge in [0.2, 0.25) is 0 Å². The number of hydrogen-bond donors (Lipinski definition) is 1. The van der Waals surface area contributed by atoms with E-state index >= 15 is 0 Å². The molecule has 1 aromatic carbocycles. The van der Waals surface area contributed by atoms with Gasteiger partial charge >= 0.3 is 0 Å². The second-order valence-corrected chi connectivity index (χ2v) is 7.15. The summed E-state index contributed by atoms with van der Waals surface area (Å²) >= 11 is 0. The van der Waals surface area contributed by atoms with Crippen LogP contribution in [0.5, 0.6) is 0 Å². The van der Waals surface area contributed by atoms with E-state index in [1.54, 1.807) is 12.1 Å². The molecule has 1 aliphatic heterocycles. The van der Waals surface area contributed by atoms with Crippen LogP contribution in [0.15, 0.2) is 24.3 Å². The number of nitrogens with one attached hydrogen (secondary N) is 1. The van der Waals surface area contributed by atoms with Crippen molar-refractivity contribution in [2.75, 3.05) is 67.0 Å². The van der Waals surface area contributed by atoms with Crippen LogP contribution in [0.4, 0.5) is 5.69 Å². The number of nitrogens with zero attached hydrogens (tertiary/aromatic N) is 4. The summed E-state index contributed by atoms with van der Waals surface area (Å²) in [4.78, 5) is 17.6. The Kier molecular flexibility index (Phi) is 7.77. The fourth-order valence-electron chi connectivity index (χ4n) is 3.07. The summed E-state index contributed by atoms with van der Waals surface area (Å²) in [5.41, 5.74) is 1.28. The van der Waals surface area contributed by atoms with Crippen molar-refractivity contribution in [1.82, 2.24) is 20.0 Å². The minimum absolute atomic E-state index is 0.150. The average molecular weight is 349 g/mol. The minimum Gasteiger partial charge on any atom is -0.311 e. The van der Waals surface area contributed by atoms with Gasteiger partial charge in [-0.1, -0.05) is 12.1 Å². The maximum Gasteiger partial charge on any atom is 0.269 e. The van der Waals surface area contributed by atoms with Crippen molar-refractivity contribution >= 4 is 5.69 Å². The van der Waals surface area contributed by atoms with Crippen LogP contribution in [0.25, 0.3) is 0 Å². The molecule has 1 heterocycles. The molecule has 1 N–H and O–H groups in total. The van der Waals surface area contributed by atoms with Gasteiger partial charge in [-0.15, -0.1) is 0 Å². The molecule has 1 aromatic rings. The lowest BCUT2D eigenvalue weighted by molar-refractivity contribution is -0.384. The Labute approximate surface area is 150 Å². The zero-order valence-corrected chi connectivity index (χ0v) is 15.6. The lowest BCUT2D eigenvalue weighted by Gasteiger charge is -2.30. The lowest BCUT2D eigenvalue weighted by Crippen LogP contribution is -2.47. The molecule has 7 nitrogen and oxygen atoms in total. The van der Waals surface area contributed by atoms with Crippen LogP contribution in [0, 0.1) is 10.1 Å². The van der Waals surface area contributed by atoms with Gasteiger partial charge < -0.3 is 20.0 Å². The van der Waals surface area contributed by atoms with Crippen LogP contribution in [0.2, 0.25) is 0 Å². The van der Waals surface area contributed by atoms with Gasteiger partial charge in [-0.2, -0.15) is 0 Å². The number of nitro groups is 1. The SMILES string of the molecule is CN1CCNC(Cc2ccc([N+](=O)[O-])cc2)CN(C)CCN(C)CC1. The number of rotatable bonds is 3. The van der Waals surface area contributed by atoms with Gasteiger partial charge in [0.05, 0.1) is 4.92 Å². The molecule has 1 aliphatic rings. The van der Waals surface area contributed by atoms with E-state index in [9.17, 15) is 10.1 Å². The minimum atomic E-state index is -0.349. The van der Waals surface area contributed by atoms with Crippen molar-refractivity contribution in [2.24, 2.45) is 0 Å². The first kappa shape index (κ1) is 19.8. The van der Waals surface area contributed by atoms with Gasteiger partial charge in [0.1, 0.15) is 0 Å². The molecule has 140 valence electrons. The highest BCUT2D eigenvalue weighted by Crippen LogP contribution is 2.13. The van der Waals surface area contributed by atoms with Crippen molar-refractivity contribution in [3.8, 4) is 0 Å². The van der Waals surface area contributed by atoms with E-state index in [0.717, 1.165) is 57.8 Å². The highest BCUT2D eigenvalue weighted by Gasteiger charge is 2.15. The number of nitro benzene ring substituents is 1. The van der Waals surface area contributed by atoms with Crippen LogP contribution in [0.1, 0.15) is 5.56 Å². The molecular formula is C18H31N5O2. The van der Waals surface area contributed by atoms with Crippen molar-refractivity contribution in [2.45, 2.75) is 12.5 Å². The normalized spacial score (nSPS) is 22.9. The van der Waals surface area contributed by atoms with Gasteiger partial charge in [0.15, 0.2) is 0 Å². The molecule has 0 spiro atoms. The molecule has 1 fully saturated rings. The van der Waals surface area contributed by atoms with Crippen LogP contribution in [0.3, 0.4) is 0 Å². The van der Waals surface area contributed by atoms with Gasteiger partial charge in [0, 0.05) is 64.0 Å². The molecule has 0 radical (unpaired) electrons. The summed E-state index contributed by atoms with van der Waals surface area (Å²) in [5, 5.41) is 14.5. The second-order valence-electron chi connectivity index (χ2n) is 7.15. The molecule has 0 aromatic heterocycles. The number of benzene rings is 1. The van der Waals surface area contributed by atoms with Gasteiger partial charge in [-0.3, -0.25) is 10.1 Å². The van der Waals surface area contributed by atoms with Crippen LogP contribution in [-0.2, 0) is 6.42 Å². The fraction of sp³-hybridized carbons (Fsp3) is 0.667. The predicted molar refractivity (Wildman–Crippen MR) is 101 cm³/mol. The third kappa shape index (κ3) is 7.07. The van der Waals surface area contributed by atoms with E-state index in [-0.39, 0.29) is 10.6 Å². The highest BCUT2D eigenvalue weighted by atomic mass is 16.6. The second kappa shape index (κ2) is 9.82. The Morgan fingerprint density at radius 1 is 1.00 bits per heavy atom. The van der Waals surface area contributed by atoms with E-state index in [0.29, 0.717) is 6.04 Å². The molecule has 0 saturated carbocycles. The van der Waals surface area contributed by atoms with Crippen molar-refractivity contribution < 1.29 is 4.92 Å². The molecule has 1 unspecified atom stereocenters. The van der Waals surface area contributed by atoms with Gasteiger partial charge in [-0.25, -0.2) is 0 Å². The number of hydrogen-bond acceptors (Lipinski definition) is 6. The predicted octanol–water partition coefficient (Wildman–Crippen LogP) is 0.905. The standard InChI is InChI=1S/C18H31N5O2/c1-20-9-8-19-17(15-22(3)13-12-21(2)11-10-20)14-16-4-6-18(7-5-16)23(24)25/h4-7,17,19H,8-15H2,1-3H3. The van der Waals surface area contributed by atoms with E-state index in [1.807, 2.05) is 12.1 Å². The summed E-state index contributed by atoms with van der Waals surface area (Å²) in [6.45, 7) is 7.22. The van der Waals surface area contributed by atoms with Crippen LogP contribution < -0.4 is 5.32 Å². The quantitative estimate of drug-likeness (QED) is 0.646. The van der Waals surface area contributed by atoms with E-state index in [2.05, 4.69) is 41.2 Å². The molecule has 0 amide bonds. The number of non-ortho nitro benzene ring substituents is 1. The number of likely N-dealkylation sites (N-methyl/N-ethyl adjacent to an activating group) is 3. The molecule has 0 bridgehead atoms. The fourth-order valence-corrected chi connectivity index (χ4v) is 3.07. The Morgan fingerprint density at radius 2 is 1.56 bits per heavy atom. The zero-order chi connectivity index (χ0) is 18.2. The third-order valence-corrected chi connectivity index (χ3v) is 4.81. The summed E-state index contributed by atoms with van der Waals surface area (Å²) in [6, 6.07) is 7.27. The first-order chi connectivity index (χ1) is 11.9. The molecule has 25 heavy (non-hydrogen) atoms. The van der Waals surface area contributed by atoms with E-state index in [4.69, 9.17) is 0 Å². The Balaban J connectivity index is 1.98. The topological polar surface area (TPSA) is 64.9 Å². The monoisotopic (exact) mass is 349 g/mol. The summed E-state index contributed by atoms with van der Waals surface area (Å²) in [7, 11) is 6.51. The molecule has 1 saturated heterocycles. The zero-order valence-electron chi connectivity index (χ0n) is 15.6. The smallest absolute Gasteiger partial charge is 0.269 e. The largest absolute Gasteiger partial charge is 0.311 e. The van der Waals surface area contributed by atoms with Crippen LogP contribution >= 0.6 is 0 Å². The molecular weight excluding hydrogens is 318 g/mol. The van der Waals surface area contributed by atoms with Gasteiger partial charge in [0.25, 0.3) is 5.69 Å².